The normalized spacial score (nSPS) is 16.9. The highest BCUT2D eigenvalue weighted by atomic mass is 32.2. The Labute approximate surface area is 190 Å². The van der Waals surface area contributed by atoms with Crippen molar-refractivity contribution in [3.8, 4) is 23.0 Å². The number of carbonyl (C=O) groups excluding carboxylic acids is 1. The van der Waals surface area contributed by atoms with Gasteiger partial charge in [-0.15, -0.1) is 0 Å². The molecule has 1 saturated heterocycles. The van der Waals surface area contributed by atoms with Gasteiger partial charge in [-0.25, -0.2) is 8.42 Å². The lowest BCUT2D eigenvalue weighted by Gasteiger charge is -2.12. The van der Waals surface area contributed by atoms with E-state index in [9.17, 15) is 18.0 Å². The summed E-state index contributed by atoms with van der Waals surface area (Å²) in [7, 11) is -3.08. The van der Waals surface area contributed by atoms with Gasteiger partial charge >= 0.3 is 0 Å². The standard InChI is InChI=1S/C23H23NO8S/c1-2-29-18-5-3-4-6-19(18)32-21-12-31-20-11-16(7-8-17(20)23(21)26)30-13-22(25)24-15-9-10-33(27,28)14-15/h3-8,11-12,15H,2,9-10,13-14H2,1H3,(H,24,25)/t15-/m1/s1. The third-order valence-corrected chi connectivity index (χ3v) is 6.82. The third-order valence-electron chi connectivity index (χ3n) is 5.05. The highest BCUT2D eigenvalue weighted by Crippen LogP contribution is 2.31. The van der Waals surface area contributed by atoms with E-state index in [-0.39, 0.29) is 40.3 Å². The molecular weight excluding hydrogens is 450 g/mol. The maximum absolute atomic E-state index is 12.8. The molecule has 0 saturated carbocycles. The number of hydrogen-bond acceptors (Lipinski definition) is 8. The number of ether oxygens (including phenoxy) is 3. The quantitative estimate of drug-likeness (QED) is 0.530. The average Bonchev–Trinajstić information content (AvgIpc) is 3.13. The number of para-hydroxylation sites is 2. The van der Waals surface area contributed by atoms with Crippen LogP contribution < -0.4 is 25.0 Å². The fourth-order valence-corrected chi connectivity index (χ4v) is 5.18. The number of fused-ring (bicyclic) bond motifs is 1. The lowest BCUT2D eigenvalue weighted by molar-refractivity contribution is -0.123. The molecule has 1 atom stereocenters. The van der Waals surface area contributed by atoms with Gasteiger partial charge in [0.05, 0.1) is 23.5 Å². The highest BCUT2D eigenvalue weighted by molar-refractivity contribution is 7.91. The Hall–Kier alpha value is -3.53. The third kappa shape index (κ3) is 5.46. The summed E-state index contributed by atoms with van der Waals surface area (Å²) in [5, 5.41) is 2.94. The molecule has 9 nitrogen and oxygen atoms in total. The van der Waals surface area contributed by atoms with E-state index in [0.717, 1.165) is 0 Å². The van der Waals surface area contributed by atoms with Crippen LogP contribution in [0.15, 0.2) is 57.9 Å². The molecule has 1 aromatic heterocycles. The first-order valence-corrected chi connectivity index (χ1v) is 12.2. The van der Waals surface area contributed by atoms with Crippen molar-refractivity contribution in [1.29, 1.82) is 0 Å². The summed E-state index contributed by atoms with van der Waals surface area (Å²) in [5.74, 6) is 0.841. The summed E-state index contributed by atoms with van der Waals surface area (Å²) >= 11 is 0. The van der Waals surface area contributed by atoms with Crippen LogP contribution in [0, 0.1) is 0 Å². The zero-order valence-corrected chi connectivity index (χ0v) is 18.7. The van der Waals surface area contributed by atoms with E-state index in [2.05, 4.69) is 5.32 Å². The van der Waals surface area contributed by atoms with Crippen LogP contribution in [0.5, 0.6) is 23.0 Å². The molecule has 33 heavy (non-hydrogen) atoms. The molecule has 174 valence electrons. The summed E-state index contributed by atoms with van der Waals surface area (Å²) in [6.45, 7) is 2.01. The SMILES string of the molecule is CCOc1ccccc1Oc1coc2cc(OCC(=O)N[C@@H]3CCS(=O)(=O)C3)ccc2c1=O. The average molecular weight is 474 g/mol. The number of rotatable bonds is 8. The van der Waals surface area contributed by atoms with Crippen LogP contribution in [0.25, 0.3) is 11.0 Å². The first kappa shape index (κ1) is 22.7. The predicted octanol–water partition coefficient (Wildman–Crippen LogP) is 2.67. The van der Waals surface area contributed by atoms with E-state index >= 15 is 0 Å². The van der Waals surface area contributed by atoms with Gasteiger partial charge in [0.25, 0.3) is 5.91 Å². The topological polar surface area (TPSA) is 121 Å². The molecule has 1 fully saturated rings. The molecule has 1 aliphatic heterocycles. The minimum absolute atomic E-state index is 0.00853. The number of sulfone groups is 1. The second kappa shape index (κ2) is 9.53. The molecule has 10 heteroatoms. The van der Waals surface area contributed by atoms with Crippen LogP contribution in [0.1, 0.15) is 13.3 Å². The van der Waals surface area contributed by atoms with Gasteiger partial charge in [-0.1, -0.05) is 12.1 Å². The van der Waals surface area contributed by atoms with Crippen LogP contribution in [0.2, 0.25) is 0 Å². The van der Waals surface area contributed by atoms with Crippen LogP contribution in [-0.2, 0) is 14.6 Å². The van der Waals surface area contributed by atoms with Gasteiger partial charge in [0.15, 0.2) is 27.9 Å². The van der Waals surface area contributed by atoms with E-state index in [0.29, 0.717) is 30.3 Å². The molecule has 2 aromatic carbocycles. The number of benzene rings is 2. The first-order chi connectivity index (χ1) is 15.8. The Kier molecular flexibility index (Phi) is 6.55. The molecule has 3 aromatic rings. The van der Waals surface area contributed by atoms with Crippen molar-refractivity contribution in [2.24, 2.45) is 0 Å². The van der Waals surface area contributed by atoms with Gasteiger partial charge in [-0.05, 0) is 37.6 Å². The summed E-state index contributed by atoms with van der Waals surface area (Å²) < 4.78 is 45.3. The Balaban J connectivity index is 1.44. The maximum atomic E-state index is 12.8. The smallest absolute Gasteiger partial charge is 0.258 e. The fraction of sp³-hybridized carbons (Fsp3) is 0.304. The second-order valence-corrected chi connectivity index (χ2v) is 9.75. The summed E-state index contributed by atoms with van der Waals surface area (Å²) in [5.41, 5.74) is -0.0977. The zero-order chi connectivity index (χ0) is 23.4. The molecule has 0 bridgehead atoms. The number of hydrogen-bond donors (Lipinski definition) is 1. The summed E-state index contributed by atoms with van der Waals surface area (Å²) in [6, 6.07) is 11.2. The lowest BCUT2D eigenvalue weighted by Crippen LogP contribution is -2.38. The van der Waals surface area contributed by atoms with E-state index < -0.39 is 21.8 Å². The molecule has 4 rings (SSSR count). The molecule has 0 unspecified atom stereocenters. The molecule has 0 aliphatic carbocycles. The second-order valence-electron chi connectivity index (χ2n) is 7.53. The minimum atomic E-state index is -3.08. The molecule has 1 aliphatic rings. The Morgan fingerprint density at radius 3 is 2.64 bits per heavy atom. The molecule has 0 radical (unpaired) electrons. The van der Waals surface area contributed by atoms with Crippen molar-refractivity contribution in [1.82, 2.24) is 5.32 Å². The Bertz CT molecular complexity index is 1330. The van der Waals surface area contributed by atoms with Crippen LogP contribution >= 0.6 is 0 Å². The summed E-state index contributed by atoms with van der Waals surface area (Å²) in [4.78, 5) is 24.9. The van der Waals surface area contributed by atoms with Crippen molar-refractivity contribution in [2.45, 2.75) is 19.4 Å². The largest absolute Gasteiger partial charge is 0.490 e. The van der Waals surface area contributed by atoms with Crippen molar-refractivity contribution < 1.29 is 31.8 Å². The lowest BCUT2D eigenvalue weighted by atomic mass is 10.2. The van der Waals surface area contributed by atoms with Gasteiger partial charge in [0.2, 0.25) is 11.2 Å². The van der Waals surface area contributed by atoms with Crippen LogP contribution in [0.3, 0.4) is 0 Å². The van der Waals surface area contributed by atoms with Crippen LogP contribution in [-0.4, -0.2) is 45.1 Å². The summed E-state index contributed by atoms with van der Waals surface area (Å²) in [6.07, 6.45) is 1.61. The fourth-order valence-electron chi connectivity index (χ4n) is 3.51. The van der Waals surface area contributed by atoms with Gasteiger partial charge in [-0.3, -0.25) is 9.59 Å². The van der Waals surface area contributed by atoms with E-state index in [1.807, 2.05) is 6.92 Å². The van der Waals surface area contributed by atoms with Gasteiger partial charge in [-0.2, -0.15) is 0 Å². The number of amides is 1. The monoisotopic (exact) mass is 473 g/mol. The van der Waals surface area contributed by atoms with Gasteiger partial charge in [0, 0.05) is 12.1 Å². The molecule has 1 N–H and O–H groups in total. The van der Waals surface area contributed by atoms with E-state index in [1.54, 1.807) is 30.3 Å². The van der Waals surface area contributed by atoms with Crippen LogP contribution in [0.4, 0.5) is 0 Å². The van der Waals surface area contributed by atoms with Gasteiger partial charge in [0.1, 0.15) is 17.6 Å². The molecule has 0 spiro atoms. The van der Waals surface area contributed by atoms with E-state index in [4.69, 9.17) is 18.6 Å². The maximum Gasteiger partial charge on any atom is 0.258 e. The number of nitrogens with one attached hydrogen (secondary N) is 1. The molecular formula is C23H23NO8S. The molecule has 2 heterocycles. The van der Waals surface area contributed by atoms with E-state index in [1.165, 1.54) is 18.4 Å². The predicted molar refractivity (Wildman–Crippen MR) is 121 cm³/mol. The van der Waals surface area contributed by atoms with Crippen molar-refractivity contribution >= 4 is 26.7 Å². The van der Waals surface area contributed by atoms with Gasteiger partial charge < -0.3 is 23.9 Å². The van der Waals surface area contributed by atoms with Crippen molar-refractivity contribution in [3.63, 3.8) is 0 Å². The molecule has 1 amide bonds. The highest BCUT2D eigenvalue weighted by Gasteiger charge is 2.28. The van der Waals surface area contributed by atoms with Crippen molar-refractivity contribution in [2.75, 3.05) is 24.7 Å². The Morgan fingerprint density at radius 1 is 1.12 bits per heavy atom. The Morgan fingerprint density at radius 2 is 1.91 bits per heavy atom. The van der Waals surface area contributed by atoms with Crippen molar-refractivity contribution in [3.05, 3.63) is 59.0 Å². The number of carbonyl (C=O) groups is 1. The first-order valence-electron chi connectivity index (χ1n) is 10.4. The zero-order valence-electron chi connectivity index (χ0n) is 17.9. The minimum Gasteiger partial charge on any atom is -0.490 e.